The van der Waals surface area contributed by atoms with E-state index in [-0.39, 0.29) is 5.82 Å². The molecule has 0 fully saturated rings. The third kappa shape index (κ3) is 4.42. The Balaban J connectivity index is 2.15. The summed E-state index contributed by atoms with van der Waals surface area (Å²) < 4.78 is 20.1. The van der Waals surface area contributed by atoms with Gasteiger partial charge in [-0.15, -0.1) is 0 Å². The molecule has 2 nitrogen and oxygen atoms in total. The molecule has 0 saturated carbocycles. The van der Waals surface area contributed by atoms with Crippen LogP contribution in [0, 0.1) is 17.1 Å². The molecular formula is C16H10Br2FNO. The second-order valence-electron chi connectivity index (χ2n) is 4.19. The number of hydrogen-bond donors (Lipinski definition) is 0. The lowest BCUT2D eigenvalue weighted by atomic mass is 10.2. The van der Waals surface area contributed by atoms with Crippen molar-refractivity contribution in [2.75, 3.05) is 0 Å². The first-order chi connectivity index (χ1) is 10.1. The topological polar surface area (TPSA) is 33.0 Å². The zero-order valence-electron chi connectivity index (χ0n) is 10.8. The van der Waals surface area contributed by atoms with Crippen LogP contribution >= 0.6 is 31.9 Å². The Bertz CT molecular complexity index is 682. The van der Waals surface area contributed by atoms with Crippen LogP contribution in [0.5, 0.6) is 5.75 Å². The van der Waals surface area contributed by atoms with Gasteiger partial charge < -0.3 is 4.74 Å². The van der Waals surface area contributed by atoms with Gasteiger partial charge in [0.2, 0.25) is 0 Å². The standard InChI is InChI=1S/C16H10Br2FNO/c17-14-8-12(2-1-7-20)9-15(18)16(14)21-10-11-3-5-13(19)6-4-11/h1-6,8-9H,10H2/b2-1+. The van der Waals surface area contributed by atoms with Crippen LogP contribution in [0.2, 0.25) is 0 Å². The molecule has 21 heavy (non-hydrogen) atoms. The van der Waals surface area contributed by atoms with E-state index in [1.54, 1.807) is 18.2 Å². The molecule has 106 valence electrons. The molecule has 0 atom stereocenters. The highest BCUT2D eigenvalue weighted by Gasteiger charge is 2.08. The fraction of sp³-hybridized carbons (Fsp3) is 0.0625. The van der Waals surface area contributed by atoms with Gasteiger partial charge in [0.1, 0.15) is 18.2 Å². The van der Waals surface area contributed by atoms with E-state index in [0.717, 1.165) is 20.1 Å². The Morgan fingerprint density at radius 1 is 1.14 bits per heavy atom. The maximum absolute atomic E-state index is 12.8. The summed E-state index contributed by atoms with van der Waals surface area (Å²) in [5.74, 6) is 0.392. The minimum atomic E-state index is -0.269. The third-order valence-electron chi connectivity index (χ3n) is 2.67. The predicted octanol–water partition coefficient (Wildman–Crippen LogP) is 5.47. The predicted molar refractivity (Wildman–Crippen MR) is 87.2 cm³/mol. The largest absolute Gasteiger partial charge is 0.487 e. The summed E-state index contributed by atoms with van der Waals surface area (Å²) >= 11 is 6.89. The van der Waals surface area contributed by atoms with Crippen molar-refractivity contribution < 1.29 is 9.13 Å². The van der Waals surface area contributed by atoms with Crippen molar-refractivity contribution in [1.82, 2.24) is 0 Å². The van der Waals surface area contributed by atoms with Gasteiger partial charge in [-0.3, -0.25) is 0 Å². The number of halogens is 3. The van der Waals surface area contributed by atoms with E-state index in [2.05, 4.69) is 31.9 Å². The Kier molecular flexibility index (Phi) is 5.54. The molecule has 0 spiro atoms. The average molecular weight is 411 g/mol. The molecule has 0 unspecified atom stereocenters. The minimum absolute atomic E-state index is 0.269. The summed E-state index contributed by atoms with van der Waals surface area (Å²) in [6, 6.07) is 11.8. The second kappa shape index (κ2) is 7.39. The van der Waals surface area contributed by atoms with Crippen LogP contribution in [-0.4, -0.2) is 0 Å². The molecule has 2 rings (SSSR count). The number of ether oxygens (including phenoxy) is 1. The first-order valence-corrected chi connectivity index (χ1v) is 7.61. The van der Waals surface area contributed by atoms with E-state index in [0.29, 0.717) is 12.4 Å². The van der Waals surface area contributed by atoms with E-state index in [4.69, 9.17) is 10.00 Å². The maximum atomic E-state index is 12.8. The smallest absolute Gasteiger partial charge is 0.148 e. The number of rotatable bonds is 4. The Hall–Kier alpha value is -1.64. The molecule has 0 amide bonds. The highest BCUT2D eigenvalue weighted by molar-refractivity contribution is 9.11. The molecule has 0 saturated heterocycles. The molecule has 0 aliphatic rings. The van der Waals surface area contributed by atoms with Crippen molar-refractivity contribution in [2.24, 2.45) is 0 Å². The summed E-state index contributed by atoms with van der Waals surface area (Å²) in [5.41, 5.74) is 1.76. The van der Waals surface area contributed by atoms with Gasteiger partial charge in [-0.05, 0) is 73.3 Å². The fourth-order valence-electron chi connectivity index (χ4n) is 1.68. The van der Waals surface area contributed by atoms with Gasteiger partial charge in [0.25, 0.3) is 0 Å². The van der Waals surface area contributed by atoms with Crippen molar-refractivity contribution in [3.05, 3.63) is 68.4 Å². The highest BCUT2D eigenvalue weighted by atomic mass is 79.9. The van der Waals surface area contributed by atoms with Crippen molar-refractivity contribution in [1.29, 1.82) is 5.26 Å². The van der Waals surface area contributed by atoms with Crippen LogP contribution < -0.4 is 4.74 Å². The maximum Gasteiger partial charge on any atom is 0.148 e. The first-order valence-electron chi connectivity index (χ1n) is 6.02. The van der Waals surface area contributed by atoms with Gasteiger partial charge in [-0.2, -0.15) is 5.26 Å². The fourth-order valence-corrected chi connectivity index (χ4v) is 3.13. The summed E-state index contributed by atoms with van der Waals surface area (Å²) in [4.78, 5) is 0. The Morgan fingerprint density at radius 2 is 1.76 bits per heavy atom. The van der Waals surface area contributed by atoms with Crippen molar-refractivity contribution in [3.63, 3.8) is 0 Å². The van der Waals surface area contributed by atoms with Crippen molar-refractivity contribution >= 4 is 37.9 Å². The molecule has 0 N–H and O–H groups in total. The van der Waals surface area contributed by atoms with E-state index >= 15 is 0 Å². The second-order valence-corrected chi connectivity index (χ2v) is 5.90. The van der Waals surface area contributed by atoms with Crippen molar-refractivity contribution in [3.8, 4) is 11.8 Å². The SMILES string of the molecule is N#C/C=C/c1cc(Br)c(OCc2ccc(F)cc2)c(Br)c1. The molecule has 5 heteroatoms. The molecule has 0 radical (unpaired) electrons. The van der Waals surface area contributed by atoms with E-state index in [1.807, 2.05) is 18.2 Å². The number of hydrogen-bond acceptors (Lipinski definition) is 2. The number of nitrogens with zero attached hydrogens (tertiary/aromatic N) is 1. The quantitative estimate of drug-likeness (QED) is 0.626. The lowest BCUT2D eigenvalue weighted by Gasteiger charge is -2.11. The monoisotopic (exact) mass is 409 g/mol. The van der Waals surface area contributed by atoms with Gasteiger partial charge in [0.15, 0.2) is 0 Å². The average Bonchev–Trinajstić information content (AvgIpc) is 2.46. The lowest BCUT2D eigenvalue weighted by Crippen LogP contribution is -1.97. The van der Waals surface area contributed by atoms with E-state index in [9.17, 15) is 4.39 Å². The van der Waals surface area contributed by atoms with Crippen LogP contribution in [-0.2, 0) is 6.61 Å². The molecule has 0 aromatic heterocycles. The zero-order valence-corrected chi connectivity index (χ0v) is 14.0. The Morgan fingerprint density at radius 3 is 2.33 bits per heavy atom. The molecular weight excluding hydrogens is 401 g/mol. The molecule has 0 heterocycles. The highest BCUT2D eigenvalue weighted by Crippen LogP contribution is 2.35. The number of allylic oxidation sites excluding steroid dienone is 1. The van der Waals surface area contributed by atoms with Crippen LogP contribution in [0.1, 0.15) is 11.1 Å². The first kappa shape index (κ1) is 15.7. The summed E-state index contributed by atoms with van der Waals surface area (Å²) in [5, 5.41) is 8.54. The van der Waals surface area contributed by atoms with Crippen molar-refractivity contribution in [2.45, 2.75) is 6.61 Å². The molecule has 0 bridgehead atoms. The van der Waals surface area contributed by atoms with Gasteiger partial charge in [0, 0.05) is 6.08 Å². The van der Waals surface area contributed by atoms with Gasteiger partial charge in [-0.1, -0.05) is 12.1 Å². The summed E-state index contributed by atoms with van der Waals surface area (Å²) in [6.07, 6.45) is 3.12. The summed E-state index contributed by atoms with van der Waals surface area (Å²) in [7, 11) is 0. The van der Waals surface area contributed by atoms with Gasteiger partial charge >= 0.3 is 0 Å². The third-order valence-corrected chi connectivity index (χ3v) is 3.85. The number of nitriles is 1. The molecule has 2 aromatic carbocycles. The normalized spacial score (nSPS) is 10.6. The van der Waals surface area contributed by atoms with Gasteiger partial charge in [-0.25, -0.2) is 4.39 Å². The van der Waals surface area contributed by atoms with E-state index in [1.165, 1.54) is 18.2 Å². The van der Waals surface area contributed by atoms with Crippen LogP contribution in [0.3, 0.4) is 0 Å². The number of benzene rings is 2. The molecule has 2 aromatic rings. The molecule has 0 aliphatic carbocycles. The zero-order chi connectivity index (χ0) is 15.2. The van der Waals surface area contributed by atoms with Crippen LogP contribution in [0.15, 0.2) is 51.4 Å². The van der Waals surface area contributed by atoms with Crippen LogP contribution in [0.25, 0.3) is 6.08 Å². The van der Waals surface area contributed by atoms with Crippen LogP contribution in [0.4, 0.5) is 4.39 Å². The minimum Gasteiger partial charge on any atom is -0.487 e. The summed E-state index contributed by atoms with van der Waals surface area (Å²) in [6.45, 7) is 0.338. The lowest BCUT2D eigenvalue weighted by molar-refractivity contribution is 0.302. The van der Waals surface area contributed by atoms with Gasteiger partial charge in [0.05, 0.1) is 15.0 Å². The molecule has 0 aliphatic heterocycles. The van der Waals surface area contributed by atoms with E-state index < -0.39 is 0 Å². The Labute approximate surface area is 139 Å².